The maximum absolute atomic E-state index is 13.6. The third-order valence-corrected chi connectivity index (χ3v) is 6.72. The van der Waals surface area contributed by atoms with Gasteiger partial charge >= 0.3 is 0 Å². The molecule has 0 bridgehead atoms. The lowest BCUT2D eigenvalue weighted by Crippen LogP contribution is -2.29. The number of nitrogens with one attached hydrogen (secondary N) is 1. The molecule has 0 aliphatic carbocycles. The van der Waals surface area contributed by atoms with Gasteiger partial charge in [-0.05, 0) is 24.6 Å². The summed E-state index contributed by atoms with van der Waals surface area (Å²) in [5.74, 6) is -0.151. The fourth-order valence-corrected chi connectivity index (χ4v) is 4.86. The van der Waals surface area contributed by atoms with Gasteiger partial charge in [0.1, 0.15) is 0 Å². The van der Waals surface area contributed by atoms with Crippen LogP contribution < -0.4 is 4.74 Å². The van der Waals surface area contributed by atoms with Crippen molar-refractivity contribution in [3.05, 3.63) is 60.1 Å². The van der Waals surface area contributed by atoms with Gasteiger partial charge in [-0.15, -0.1) is 0 Å². The van der Waals surface area contributed by atoms with E-state index in [0.29, 0.717) is 32.5 Å². The third-order valence-electron chi connectivity index (χ3n) is 4.97. The lowest BCUT2D eigenvalue weighted by molar-refractivity contribution is 0.304. The number of aromatic amines is 1. The average molecular weight is 419 g/mol. The summed E-state index contributed by atoms with van der Waals surface area (Å²) in [6.07, 6.45) is 4.22. The Morgan fingerprint density at radius 2 is 2.17 bits per heavy atom. The van der Waals surface area contributed by atoms with Crippen molar-refractivity contribution in [3.8, 4) is 5.75 Å². The van der Waals surface area contributed by atoms with Crippen molar-refractivity contribution >= 4 is 10.0 Å². The van der Waals surface area contributed by atoms with Crippen molar-refractivity contribution in [1.82, 2.24) is 24.1 Å². The van der Waals surface area contributed by atoms with Crippen molar-refractivity contribution in [1.29, 1.82) is 0 Å². The molecule has 4 rings (SSSR count). The van der Waals surface area contributed by atoms with Crippen molar-refractivity contribution in [2.75, 3.05) is 19.7 Å². The van der Waals surface area contributed by atoms with Gasteiger partial charge in [-0.25, -0.2) is 17.8 Å². The fraction of sp³-hybridized carbons (Fsp3) is 0.368. The van der Waals surface area contributed by atoms with Crippen molar-refractivity contribution in [3.63, 3.8) is 0 Å². The van der Waals surface area contributed by atoms with Gasteiger partial charge in [0.15, 0.2) is 16.6 Å². The average Bonchev–Trinajstić information content (AvgIpc) is 3.43. The summed E-state index contributed by atoms with van der Waals surface area (Å²) in [5.41, 5.74) is 1.69. The van der Waals surface area contributed by atoms with Crippen LogP contribution in [0.1, 0.15) is 23.7 Å². The summed E-state index contributed by atoms with van der Waals surface area (Å²) in [6, 6.07) is 8.20. The molecule has 0 amide bonds. The molecule has 1 atom stereocenters. The SMILES string of the molecule is Cn1cnc(S(=O)(=O)N2CC[C@H](c3cc(CCOc4ccccc4F)[nH]n3)C2)c1. The highest BCUT2D eigenvalue weighted by atomic mass is 32.2. The third kappa shape index (κ3) is 4.18. The van der Waals surface area contributed by atoms with Crippen LogP contribution in [-0.2, 0) is 23.5 Å². The van der Waals surface area contributed by atoms with Crippen LogP contribution in [0.3, 0.4) is 0 Å². The molecule has 1 aliphatic heterocycles. The molecule has 0 radical (unpaired) electrons. The summed E-state index contributed by atoms with van der Waals surface area (Å²) < 4.78 is 47.5. The van der Waals surface area contributed by atoms with Crippen LogP contribution in [0.15, 0.2) is 47.9 Å². The van der Waals surface area contributed by atoms with Crippen molar-refractivity contribution in [2.45, 2.75) is 23.8 Å². The maximum atomic E-state index is 13.6. The van der Waals surface area contributed by atoms with Crippen molar-refractivity contribution in [2.24, 2.45) is 7.05 Å². The number of rotatable bonds is 7. The molecule has 1 N–H and O–H groups in total. The Bertz CT molecular complexity index is 1090. The maximum Gasteiger partial charge on any atom is 0.262 e. The van der Waals surface area contributed by atoms with E-state index in [1.807, 2.05) is 6.07 Å². The largest absolute Gasteiger partial charge is 0.490 e. The number of imidazole rings is 1. The van der Waals surface area contributed by atoms with Crippen LogP contribution in [0.2, 0.25) is 0 Å². The Morgan fingerprint density at radius 1 is 1.34 bits per heavy atom. The van der Waals surface area contributed by atoms with E-state index < -0.39 is 15.8 Å². The van der Waals surface area contributed by atoms with Crippen LogP contribution in [0.25, 0.3) is 0 Å². The van der Waals surface area contributed by atoms with Gasteiger partial charge in [0, 0.05) is 44.4 Å². The molecule has 1 saturated heterocycles. The van der Waals surface area contributed by atoms with E-state index in [4.69, 9.17) is 4.74 Å². The van der Waals surface area contributed by atoms with E-state index in [-0.39, 0.29) is 16.7 Å². The monoisotopic (exact) mass is 419 g/mol. The van der Waals surface area contributed by atoms with Crippen molar-refractivity contribution < 1.29 is 17.5 Å². The first-order valence-corrected chi connectivity index (χ1v) is 10.8. The molecule has 1 fully saturated rings. The standard InChI is InChI=1S/C19H22FN5O3S/c1-24-12-19(21-13-24)29(26,27)25-8-6-14(11-25)17-10-15(22-23-17)7-9-28-18-5-3-2-4-16(18)20/h2-5,10,12-14H,6-9,11H2,1H3,(H,22,23)/t14-/m0/s1. The topological polar surface area (TPSA) is 93.1 Å². The van der Waals surface area contributed by atoms with E-state index in [0.717, 1.165) is 11.4 Å². The molecule has 3 heterocycles. The molecule has 1 aromatic carbocycles. The summed E-state index contributed by atoms with van der Waals surface area (Å²) in [5, 5.41) is 7.37. The number of ether oxygens (including phenoxy) is 1. The first-order valence-electron chi connectivity index (χ1n) is 9.33. The Labute approximate surface area is 168 Å². The van der Waals surface area contributed by atoms with E-state index in [9.17, 15) is 12.8 Å². The van der Waals surface area contributed by atoms with E-state index in [1.54, 1.807) is 29.8 Å². The van der Waals surface area contributed by atoms with E-state index in [2.05, 4.69) is 15.2 Å². The summed E-state index contributed by atoms with van der Waals surface area (Å²) in [4.78, 5) is 3.97. The van der Waals surface area contributed by atoms with Crippen LogP contribution >= 0.6 is 0 Å². The summed E-state index contributed by atoms with van der Waals surface area (Å²) >= 11 is 0. The van der Waals surface area contributed by atoms with Gasteiger partial charge in [-0.3, -0.25) is 5.10 Å². The number of aryl methyl sites for hydroxylation is 1. The smallest absolute Gasteiger partial charge is 0.262 e. The second kappa shape index (κ2) is 7.96. The number of aromatic nitrogens is 4. The summed E-state index contributed by atoms with van der Waals surface area (Å²) in [7, 11) is -1.86. The Morgan fingerprint density at radius 3 is 2.93 bits per heavy atom. The zero-order valence-corrected chi connectivity index (χ0v) is 16.8. The Hall–Kier alpha value is -2.72. The molecular formula is C19H22FN5O3S. The Kier molecular flexibility index (Phi) is 5.37. The molecule has 0 spiro atoms. The second-order valence-electron chi connectivity index (χ2n) is 7.07. The molecule has 0 saturated carbocycles. The number of hydrogen-bond acceptors (Lipinski definition) is 5. The zero-order valence-electron chi connectivity index (χ0n) is 16.0. The highest BCUT2D eigenvalue weighted by molar-refractivity contribution is 7.89. The highest BCUT2D eigenvalue weighted by Crippen LogP contribution is 2.30. The quantitative estimate of drug-likeness (QED) is 0.633. The summed E-state index contributed by atoms with van der Waals surface area (Å²) in [6.45, 7) is 1.12. The minimum Gasteiger partial charge on any atom is -0.490 e. The molecular weight excluding hydrogens is 397 g/mol. The lowest BCUT2D eigenvalue weighted by Gasteiger charge is -2.14. The minimum absolute atomic E-state index is 0.0194. The van der Waals surface area contributed by atoms with Gasteiger partial charge in [-0.2, -0.15) is 9.40 Å². The molecule has 3 aromatic rings. The first kappa shape index (κ1) is 19.6. The van der Waals surface area contributed by atoms with Crippen LogP contribution in [0, 0.1) is 5.82 Å². The fourth-order valence-electron chi connectivity index (χ4n) is 3.39. The predicted octanol–water partition coefficient (Wildman–Crippen LogP) is 2.08. The lowest BCUT2D eigenvalue weighted by atomic mass is 10.0. The first-order chi connectivity index (χ1) is 13.9. The van der Waals surface area contributed by atoms with Gasteiger partial charge in [0.05, 0.1) is 18.6 Å². The zero-order chi connectivity index (χ0) is 20.4. The molecule has 8 nitrogen and oxygen atoms in total. The minimum atomic E-state index is -3.59. The molecule has 2 aromatic heterocycles. The van der Waals surface area contributed by atoms with Gasteiger partial charge < -0.3 is 9.30 Å². The van der Waals surface area contributed by atoms with Gasteiger partial charge in [0.25, 0.3) is 10.0 Å². The Balaban J connectivity index is 1.35. The second-order valence-corrected chi connectivity index (χ2v) is 8.96. The molecule has 154 valence electrons. The van der Waals surface area contributed by atoms with E-state index in [1.165, 1.54) is 22.9 Å². The number of benzene rings is 1. The predicted molar refractivity (Wildman–Crippen MR) is 104 cm³/mol. The number of hydrogen-bond donors (Lipinski definition) is 1. The van der Waals surface area contributed by atoms with Crippen LogP contribution in [0.4, 0.5) is 4.39 Å². The molecule has 29 heavy (non-hydrogen) atoms. The highest BCUT2D eigenvalue weighted by Gasteiger charge is 2.35. The van der Waals surface area contributed by atoms with Crippen LogP contribution in [-0.4, -0.2) is 52.2 Å². The number of halogens is 1. The number of nitrogens with zero attached hydrogens (tertiary/aromatic N) is 4. The van der Waals surface area contributed by atoms with Crippen LogP contribution in [0.5, 0.6) is 5.75 Å². The van der Waals surface area contributed by atoms with Gasteiger partial charge in [0.2, 0.25) is 0 Å². The molecule has 1 aliphatic rings. The normalized spacial score (nSPS) is 17.7. The van der Waals surface area contributed by atoms with E-state index >= 15 is 0 Å². The van der Waals surface area contributed by atoms with Gasteiger partial charge in [-0.1, -0.05) is 12.1 Å². The number of para-hydroxylation sites is 1. The molecule has 0 unspecified atom stereocenters. The molecule has 10 heteroatoms. The number of sulfonamides is 1. The number of H-pyrrole nitrogens is 1.